The molecule has 2 aromatic rings. The summed E-state index contributed by atoms with van der Waals surface area (Å²) in [5, 5.41) is 4.85. The minimum Gasteiger partial charge on any atom is -0.308 e. The highest BCUT2D eigenvalue weighted by Crippen LogP contribution is 2.13. The zero-order valence-electron chi connectivity index (χ0n) is 11.5. The number of aromatic nitrogens is 1. The highest BCUT2D eigenvalue weighted by atomic mass is 15.1. The minimum atomic E-state index is 0.643. The Balaban J connectivity index is 1.62. The van der Waals surface area contributed by atoms with Gasteiger partial charge in [0.25, 0.3) is 0 Å². The van der Waals surface area contributed by atoms with Gasteiger partial charge in [0.2, 0.25) is 0 Å². The molecule has 3 rings (SSSR count). The van der Waals surface area contributed by atoms with Crippen LogP contribution in [-0.2, 0) is 6.54 Å². The first-order chi connectivity index (χ1) is 9.31. The predicted molar refractivity (Wildman–Crippen MR) is 79.1 cm³/mol. The number of nitrogens with zero attached hydrogens (tertiary/aromatic N) is 2. The molecule has 100 valence electrons. The van der Waals surface area contributed by atoms with Gasteiger partial charge in [-0.05, 0) is 45.1 Å². The van der Waals surface area contributed by atoms with Crippen LogP contribution in [0.4, 0.5) is 0 Å². The first-order valence-electron chi connectivity index (χ1n) is 7.08. The van der Waals surface area contributed by atoms with Gasteiger partial charge in [0.15, 0.2) is 0 Å². The molecule has 1 aliphatic rings. The van der Waals surface area contributed by atoms with Gasteiger partial charge in [-0.15, -0.1) is 0 Å². The molecule has 3 heteroatoms. The number of pyridine rings is 1. The molecule has 2 heterocycles. The maximum Gasteiger partial charge on any atom is 0.0705 e. The third-order valence-corrected chi connectivity index (χ3v) is 3.95. The van der Waals surface area contributed by atoms with Crippen LogP contribution in [0.5, 0.6) is 0 Å². The summed E-state index contributed by atoms with van der Waals surface area (Å²) in [6.45, 7) is 3.27. The van der Waals surface area contributed by atoms with Crippen LogP contribution in [0.2, 0.25) is 0 Å². The summed E-state index contributed by atoms with van der Waals surface area (Å²) in [4.78, 5) is 7.10. The lowest BCUT2D eigenvalue weighted by Gasteiger charge is -2.29. The lowest BCUT2D eigenvalue weighted by atomic mass is 10.1. The molecule has 0 saturated carbocycles. The highest BCUT2D eigenvalue weighted by Gasteiger charge is 2.15. The van der Waals surface area contributed by atoms with Gasteiger partial charge < -0.3 is 10.2 Å². The van der Waals surface area contributed by atoms with Crippen LogP contribution in [-0.4, -0.2) is 36.1 Å². The van der Waals surface area contributed by atoms with E-state index in [4.69, 9.17) is 4.98 Å². The molecular formula is C16H21N3. The Kier molecular flexibility index (Phi) is 3.76. The zero-order chi connectivity index (χ0) is 13.1. The van der Waals surface area contributed by atoms with Crippen molar-refractivity contribution in [1.29, 1.82) is 0 Å². The second kappa shape index (κ2) is 5.68. The Bertz CT molecular complexity index is 544. The van der Waals surface area contributed by atoms with E-state index in [1.807, 2.05) is 6.07 Å². The normalized spacial score (nSPS) is 17.9. The van der Waals surface area contributed by atoms with Crippen molar-refractivity contribution in [2.24, 2.45) is 0 Å². The van der Waals surface area contributed by atoms with Crippen LogP contribution < -0.4 is 5.32 Å². The number of para-hydroxylation sites is 1. The van der Waals surface area contributed by atoms with Gasteiger partial charge in [0.05, 0.1) is 11.2 Å². The van der Waals surface area contributed by atoms with Gasteiger partial charge >= 0.3 is 0 Å². The Labute approximate surface area is 114 Å². The average Bonchev–Trinajstić information content (AvgIpc) is 2.46. The molecule has 19 heavy (non-hydrogen) atoms. The molecule has 1 aromatic heterocycles. The van der Waals surface area contributed by atoms with Crippen molar-refractivity contribution in [3.8, 4) is 0 Å². The van der Waals surface area contributed by atoms with Gasteiger partial charge in [0, 0.05) is 18.0 Å². The fourth-order valence-corrected chi connectivity index (χ4v) is 2.67. The fraction of sp³-hybridized carbons (Fsp3) is 0.438. The first kappa shape index (κ1) is 12.6. The molecule has 0 atom stereocenters. The lowest BCUT2D eigenvalue weighted by Crippen LogP contribution is -2.40. The minimum absolute atomic E-state index is 0.643. The van der Waals surface area contributed by atoms with Crippen LogP contribution in [0.25, 0.3) is 10.9 Å². The summed E-state index contributed by atoms with van der Waals surface area (Å²) < 4.78 is 0. The Hall–Kier alpha value is -1.45. The summed E-state index contributed by atoms with van der Waals surface area (Å²) in [6, 6.07) is 13.2. The van der Waals surface area contributed by atoms with E-state index < -0.39 is 0 Å². The van der Waals surface area contributed by atoms with E-state index in [1.54, 1.807) is 0 Å². The number of likely N-dealkylation sites (tertiary alicyclic amines) is 1. The van der Waals surface area contributed by atoms with Crippen molar-refractivity contribution >= 4 is 10.9 Å². The first-order valence-corrected chi connectivity index (χ1v) is 7.08. The summed E-state index contributed by atoms with van der Waals surface area (Å²) in [5.41, 5.74) is 2.22. The average molecular weight is 255 g/mol. The highest BCUT2D eigenvalue weighted by molar-refractivity contribution is 5.78. The molecule has 1 N–H and O–H groups in total. The molecule has 0 spiro atoms. The van der Waals surface area contributed by atoms with Gasteiger partial charge in [-0.3, -0.25) is 4.98 Å². The van der Waals surface area contributed by atoms with Crippen LogP contribution in [0.3, 0.4) is 0 Å². The summed E-state index contributed by atoms with van der Waals surface area (Å²) in [5.74, 6) is 0. The molecule has 1 fully saturated rings. The smallest absolute Gasteiger partial charge is 0.0705 e. The monoisotopic (exact) mass is 255 g/mol. The standard InChI is InChI=1S/C16H21N3/c1-19-10-8-14(9-11-19)17-12-15-7-6-13-4-2-3-5-16(13)18-15/h2-7,14,17H,8-12H2,1H3. The van der Waals surface area contributed by atoms with Crippen molar-refractivity contribution in [2.75, 3.05) is 20.1 Å². The molecule has 0 bridgehead atoms. The molecule has 1 aromatic carbocycles. The second-order valence-corrected chi connectivity index (χ2v) is 5.45. The summed E-state index contributed by atoms with van der Waals surface area (Å²) >= 11 is 0. The quantitative estimate of drug-likeness (QED) is 0.913. The Morgan fingerprint density at radius 3 is 2.79 bits per heavy atom. The molecule has 3 nitrogen and oxygen atoms in total. The molecular weight excluding hydrogens is 234 g/mol. The Morgan fingerprint density at radius 2 is 1.95 bits per heavy atom. The Morgan fingerprint density at radius 1 is 1.16 bits per heavy atom. The largest absolute Gasteiger partial charge is 0.308 e. The van der Waals surface area contributed by atoms with E-state index in [-0.39, 0.29) is 0 Å². The second-order valence-electron chi connectivity index (χ2n) is 5.45. The van der Waals surface area contributed by atoms with E-state index in [1.165, 1.54) is 31.3 Å². The van der Waals surface area contributed by atoms with E-state index >= 15 is 0 Å². The number of piperidine rings is 1. The number of hydrogen-bond donors (Lipinski definition) is 1. The van der Waals surface area contributed by atoms with Crippen molar-refractivity contribution in [3.05, 3.63) is 42.1 Å². The van der Waals surface area contributed by atoms with E-state index in [0.717, 1.165) is 17.8 Å². The van der Waals surface area contributed by atoms with Crippen molar-refractivity contribution in [1.82, 2.24) is 15.2 Å². The van der Waals surface area contributed by atoms with E-state index in [9.17, 15) is 0 Å². The molecule has 0 unspecified atom stereocenters. The number of hydrogen-bond acceptors (Lipinski definition) is 3. The fourth-order valence-electron chi connectivity index (χ4n) is 2.67. The number of fused-ring (bicyclic) bond motifs is 1. The van der Waals surface area contributed by atoms with Gasteiger partial charge in [-0.1, -0.05) is 24.3 Å². The van der Waals surface area contributed by atoms with Gasteiger partial charge in [0.1, 0.15) is 0 Å². The van der Waals surface area contributed by atoms with Crippen molar-refractivity contribution in [2.45, 2.75) is 25.4 Å². The lowest BCUT2D eigenvalue weighted by molar-refractivity contribution is 0.234. The van der Waals surface area contributed by atoms with E-state index in [0.29, 0.717) is 6.04 Å². The molecule has 1 aliphatic heterocycles. The third kappa shape index (κ3) is 3.11. The van der Waals surface area contributed by atoms with Crippen molar-refractivity contribution < 1.29 is 0 Å². The molecule has 0 radical (unpaired) electrons. The maximum atomic E-state index is 4.70. The number of benzene rings is 1. The van der Waals surface area contributed by atoms with Crippen LogP contribution in [0, 0.1) is 0 Å². The topological polar surface area (TPSA) is 28.2 Å². The van der Waals surface area contributed by atoms with Crippen molar-refractivity contribution in [3.63, 3.8) is 0 Å². The number of rotatable bonds is 3. The third-order valence-electron chi connectivity index (χ3n) is 3.95. The van der Waals surface area contributed by atoms with Crippen LogP contribution in [0.15, 0.2) is 36.4 Å². The van der Waals surface area contributed by atoms with E-state index in [2.05, 4.69) is 47.6 Å². The van der Waals surface area contributed by atoms with Crippen LogP contribution in [0.1, 0.15) is 18.5 Å². The molecule has 0 amide bonds. The summed E-state index contributed by atoms with van der Waals surface area (Å²) in [6.07, 6.45) is 2.48. The van der Waals surface area contributed by atoms with Crippen LogP contribution >= 0.6 is 0 Å². The number of nitrogens with one attached hydrogen (secondary N) is 1. The maximum absolute atomic E-state index is 4.70. The predicted octanol–water partition coefficient (Wildman–Crippen LogP) is 2.42. The van der Waals surface area contributed by atoms with Gasteiger partial charge in [-0.25, -0.2) is 0 Å². The molecule has 1 saturated heterocycles. The zero-order valence-corrected chi connectivity index (χ0v) is 11.5. The summed E-state index contributed by atoms with van der Waals surface area (Å²) in [7, 11) is 2.20. The SMILES string of the molecule is CN1CCC(NCc2ccc3ccccc3n2)CC1. The molecule has 0 aliphatic carbocycles. The van der Waals surface area contributed by atoms with Gasteiger partial charge in [-0.2, -0.15) is 0 Å².